The average molecular weight is 328 g/mol. The Kier molecular flexibility index (Phi) is 6.69. The number of rotatable bonds is 8. The van der Waals surface area contributed by atoms with Crippen LogP contribution in [0.4, 0.5) is 5.82 Å². The number of hydrogen-bond donors (Lipinski definition) is 2. The molecule has 2 aromatic rings. The Labute approximate surface area is 142 Å². The number of hydrogen-bond acceptors (Lipinski definition) is 5. The van der Waals surface area contributed by atoms with Crippen molar-refractivity contribution in [2.75, 3.05) is 25.6 Å². The van der Waals surface area contributed by atoms with Crippen LogP contribution in [-0.4, -0.2) is 42.2 Å². The largest absolute Gasteiger partial charge is 0.385 e. The van der Waals surface area contributed by atoms with Crippen molar-refractivity contribution in [3.63, 3.8) is 0 Å². The molecule has 1 aromatic carbocycles. The van der Waals surface area contributed by atoms with Crippen LogP contribution in [0.3, 0.4) is 0 Å². The van der Waals surface area contributed by atoms with Crippen molar-refractivity contribution >= 4 is 11.7 Å². The number of benzene rings is 1. The van der Waals surface area contributed by atoms with Gasteiger partial charge in [-0.25, -0.2) is 9.97 Å². The predicted molar refractivity (Wildman–Crippen MR) is 95.1 cm³/mol. The molecule has 0 unspecified atom stereocenters. The Morgan fingerprint density at radius 2 is 1.96 bits per heavy atom. The van der Waals surface area contributed by atoms with Crippen LogP contribution in [0.15, 0.2) is 36.4 Å². The highest BCUT2D eigenvalue weighted by Crippen LogP contribution is 2.18. The maximum atomic E-state index is 12.3. The second kappa shape index (κ2) is 8.98. The molecule has 0 aliphatic rings. The molecule has 0 bridgehead atoms. The van der Waals surface area contributed by atoms with E-state index >= 15 is 0 Å². The number of methoxy groups -OCH3 is 1. The van der Waals surface area contributed by atoms with Gasteiger partial charge in [-0.15, -0.1) is 0 Å². The molecule has 24 heavy (non-hydrogen) atoms. The van der Waals surface area contributed by atoms with Gasteiger partial charge in [-0.2, -0.15) is 0 Å². The predicted octanol–water partition coefficient (Wildman–Crippen LogP) is 2.73. The highest BCUT2D eigenvalue weighted by atomic mass is 16.5. The summed E-state index contributed by atoms with van der Waals surface area (Å²) in [6.07, 6.45) is 0.856. The van der Waals surface area contributed by atoms with Crippen molar-refractivity contribution in [2.45, 2.75) is 26.3 Å². The van der Waals surface area contributed by atoms with Crippen LogP contribution in [-0.2, 0) is 4.74 Å². The molecule has 0 radical (unpaired) electrons. The third-order valence-electron chi connectivity index (χ3n) is 3.24. The van der Waals surface area contributed by atoms with E-state index in [1.807, 2.05) is 44.2 Å². The maximum absolute atomic E-state index is 12.3. The summed E-state index contributed by atoms with van der Waals surface area (Å²) in [6.45, 7) is 5.22. The van der Waals surface area contributed by atoms with Crippen molar-refractivity contribution < 1.29 is 9.53 Å². The Balaban J connectivity index is 2.27. The summed E-state index contributed by atoms with van der Waals surface area (Å²) in [7, 11) is 1.67. The molecule has 1 aromatic heterocycles. The van der Waals surface area contributed by atoms with Gasteiger partial charge in [0.2, 0.25) is 0 Å². The fraction of sp³-hybridized carbons (Fsp3) is 0.389. The third kappa shape index (κ3) is 5.31. The van der Waals surface area contributed by atoms with E-state index < -0.39 is 0 Å². The van der Waals surface area contributed by atoms with Crippen LogP contribution in [0.1, 0.15) is 30.8 Å². The number of nitrogens with one attached hydrogen (secondary N) is 2. The van der Waals surface area contributed by atoms with Crippen molar-refractivity contribution in [2.24, 2.45) is 0 Å². The minimum absolute atomic E-state index is 0.0470. The molecule has 0 saturated heterocycles. The first kappa shape index (κ1) is 17.9. The molecule has 1 amide bonds. The van der Waals surface area contributed by atoms with Gasteiger partial charge in [0.25, 0.3) is 5.91 Å². The molecule has 2 N–H and O–H groups in total. The van der Waals surface area contributed by atoms with Gasteiger partial charge in [0, 0.05) is 37.9 Å². The van der Waals surface area contributed by atoms with Crippen LogP contribution < -0.4 is 10.6 Å². The maximum Gasteiger partial charge on any atom is 0.270 e. The van der Waals surface area contributed by atoms with Gasteiger partial charge in [0.1, 0.15) is 11.5 Å². The monoisotopic (exact) mass is 328 g/mol. The van der Waals surface area contributed by atoms with Gasteiger partial charge in [0.05, 0.1) is 0 Å². The van der Waals surface area contributed by atoms with Gasteiger partial charge < -0.3 is 15.4 Å². The van der Waals surface area contributed by atoms with Crippen molar-refractivity contribution in [3.05, 3.63) is 42.1 Å². The summed E-state index contributed by atoms with van der Waals surface area (Å²) in [5.74, 6) is 0.958. The van der Waals surface area contributed by atoms with Crippen molar-refractivity contribution in [1.29, 1.82) is 0 Å². The van der Waals surface area contributed by atoms with E-state index in [4.69, 9.17) is 4.74 Å². The molecule has 0 atom stereocenters. The Hall–Kier alpha value is -2.47. The topological polar surface area (TPSA) is 76.1 Å². The third-order valence-corrected chi connectivity index (χ3v) is 3.24. The molecule has 1 heterocycles. The lowest BCUT2D eigenvalue weighted by Crippen LogP contribution is -2.31. The van der Waals surface area contributed by atoms with E-state index in [0.717, 1.165) is 12.0 Å². The van der Waals surface area contributed by atoms with Crippen LogP contribution in [0.2, 0.25) is 0 Å². The zero-order valence-electron chi connectivity index (χ0n) is 14.4. The summed E-state index contributed by atoms with van der Waals surface area (Å²) in [5, 5.41) is 6.09. The molecular formula is C18H24N4O2. The molecular weight excluding hydrogens is 304 g/mol. The first-order valence-electron chi connectivity index (χ1n) is 8.08. The molecule has 0 fully saturated rings. The summed E-state index contributed by atoms with van der Waals surface area (Å²) in [4.78, 5) is 21.3. The van der Waals surface area contributed by atoms with Gasteiger partial charge in [0.15, 0.2) is 5.82 Å². The highest BCUT2D eigenvalue weighted by Gasteiger charge is 2.13. The fourth-order valence-electron chi connectivity index (χ4n) is 2.14. The number of anilines is 1. The number of carbonyl (C=O) groups is 1. The smallest absolute Gasteiger partial charge is 0.270 e. The standard InChI is InChI=1S/C18H24N4O2/c1-13(2)20-18(23)15-12-16(19-10-7-11-24-3)22-17(21-15)14-8-5-4-6-9-14/h4-6,8-9,12-13H,7,10-11H2,1-3H3,(H,20,23)(H,19,21,22). The average Bonchev–Trinajstić information content (AvgIpc) is 2.59. The number of ether oxygens (including phenoxy) is 1. The van der Waals surface area contributed by atoms with Gasteiger partial charge in [-0.05, 0) is 20.3 Å². The highest BCUT2D eigenvalue weighted by molar-refractivity contribution is 5.93. The van der Waals surface area contributed by atoms with Crippen LogP contribution in [0.25, 0.3) is 11.4 Å². The van der Waals surface area contributed by atoms with Gasteiger partial charge >= 0.3 is 0 Å². The van der Waals surface area contributed by atoms with Crippen molar-refractivity contribution in [1.82, 2.24) is 15.3 Å². The van der Waals surface area contributed by atoms with E-state index in [9.17, 15) is 4.79 Å². The molecule has 0 aliphatic heterocycles. The molecule has 0 aliphatic carbocycles. The van der Waals surface area contributed by atoms with E-state index in [1.54, 1.807) is 13.2 Å². The normalized spacial score (nSPS) is 10.7. The number of nitrogens with zero attached hydrogens (tertiary/aromatic N) is 2. The van der Waals surface area contributed by atoms with E-state index in [0.29, 0.717) is 30.5 Å². The lowest BCUT2D eigenvalue weighted by Gasteiger charge is -2.12. The Bertz CT molecular complexity index is 659. The van der Waals surface area contributed by atoms with Crippen molar-refractivity contribution in [3.8, 4) is 11.4 Å². The van der Waals surface area contributed by atoms with Crippen LogP contribution in [0.5, 0.6) is 0 Å². The second-order valence-corrected chi connectivity index (χ2v) is 5.73. The zero-order valence-corrected chi connectivity index (χ0v) is 14.4. The molecule has 128 valence electrons. The fourth-order valence-corrected chi connectivity index (χ4v) is 2.14. The van der Waals surface area contributed by atoms with E-state index in [-0.39, 0.29) is 11.9 Å². The number of carbonyl (C=O) groups excluding carboxylic acids is 1. The lowest BCUT2D eigenvalue weighted by atomic mass is 10.2. The van der Waals surface area contributed by atoms with E-state index in [2.05, 4.69) is 20.6 Å². The Morgan fingerprint density at radius 1 is 1.21 bits per heavy atom. The molecule has 6 nitrogen and oxygen atoms in total. The lowest BCUT2D eigenvalue weighted by molar-refractivity contribution is 0.0938. The summed E-state index contributed by atoms with van der Waals surface area (Å²) in [6, 6.07) is 11.4. The minimum atomic E-state index is -0.204. The SMILES string of the molecule is COCCCNc1cc(C(=O)NC(C)C)nc(-c2ccccc2)n1. The minimum Gasteiger partial charge on any atom is -0.385 e. The van der Waals surface area contributed by atoms with E-state index in [1.165, 1.54) is 0 Å². The quantitative estimate of drug-likeness (QED) is 0.729. The van der Waals surface area contributed by atoms with Gasteiger partial charge in [-0.3, -0.25) is 4.79 Å². The summed E-state index contributed by atoms with van der Waals surface area (Å²) >= 11 is 0. The molecule has 2 rings (SSSR count). The summed E-state index contributed by atoms with van der Waals surface area (Å²) < 4.78 is 5.04. The summed E-state index contributed by atoms with van der Waals surface area (Å²) in [5.41, 5.74) is 1.23. The first-order chi connectivity index (χ1) is 11.6. The first-order valence-corrected chi connectivity index (χ1v) is 8.08. The van der Waals surface area contributed by atoms with Gasteiger partial charge in [-0.1, -0.05) is 30.3 Å². The molecule has 0 saturated carbocycles. The molecule has 6 heteroatoms. The zero-order chi connectivity index (χ0) is 17.4. The van der Waals surface area contributed by atoms with Crippen LogP contribution in [0, 0.1) is 0 Å². The second-order valence-electron chi connectivity index (χ2n) is 5.73. The Morgan fingerprint density at radius 3 is 2.62 bits per heavy atom. The number of aromatic nitrogens is 2. The van der Waals surface area contributed by atoms with Crippen LogP contribution >= 0.6 is 0 Å². The number of amides is 1. The molecule has 0 spiro atoms.